The highest BCUT2D eigenvalue weighted by molar-refractivity contribution is 7.47. The summed E-state index contributed by atoms with van der Waals surface area (Å²) in [4.78, 5) is 35.2. The highest BCUT2D eigenvalue weighted by Crippen LogP contribution is 2.43. The van der Waals surface area contributed by atoms with E-state index in [1.54, 1.807) is 0 Å². The molecule has 9 nitrogen and oxygen atoms in total. The molecule has 0 amide bonds. The number of carbonyl (C=O) groups is 2. The van der Waals surface area contributed by atoms with Crippen LogP contribution in [0.5, 0.6) is 0 Å². The fourth-order valence-electron chi connectivity index (χ4n) is 8.27. The number of phosphoric acid groups is 1. The van der Waals surface area contributed by atoms with Gasteiger partial charge in [-0.25, -0.2) is 4.57 Å². The van der Waals surface area contributed by atoms with E-state index in [1.807, 2.05) is 0 Å². The van der Waals surface area contributed by atoms with Crippen molar-refractivity contribution >= 4 is 19.8 Å². The highest BCUT2D eigenvalue weighted by atomic mass is 31.2. The molecule has 0 saturated carbocycles. The summed E-state index contributed by atoms with van der Waals surface area (Å²) in [5.41, 5.74) is 5.38. The number of unbranched alkanes of at least 4 members (excludes halogenated alkanes) is 24. The first kappa shape index (κ1) is 73.4. The molecule has 0 bridgehead atoms. The van der Waals surface area contributed by atoms with Gasteiger partial charge in [0.2, 0.25) is 0 Å². The van der Waals surface area contributed by atoms with Crippen molar-refractivity contribution in [2.24, 2.45) is 5.73 Å². The van der Waals surface area contributed by atoms with Crippen LogP contribution in [-0.4, -0.2) is 49.3 Å². The first-order valence-corrected chi connectivity index (χ1v) is 32.5. The van der Waals surface area contributed by atoms with Gasteiger partial charge in [0.25, 0.3) is 0 Å². The molecule has 0 rings (SSSR count). The van der Waals surface area contributed by atoms with Gasteiger partial charge in [-0.2, -0.15) is 0 Å². The van der Waals surface area contributed by atoms with Crippen molar-refractivity contribution in [3.63, 3.8) is 0 Å². The molecule has 0 aromatic heterocycles. The second-order valence-electron chi connectivity index (χ2n) is 20.2. The third-order valence-corrected chi connectivity index (χ3v) is 13.8. The van der Waals surface area contributed by atoms with Crippen LogP contribution in [0.25, 0.3) is 0 Å². The van der Waals surface area contributed by atoms with Crippen LogP contribution in [0.2, 0.25) is 0 Å². The molecule has 0 spiro atoms. The fourth-order valence-corrected chi connectivity index (χ4v) is 9.04. The van der Waals surface area contributed by atoms with Gasteiger partial charge in [0.05, 0.1) is 13.2 Å². The topological polar surface area (TPSA) is 134 Å². The minimum Gasteiger partial charge on any atom is -0.462 e. The molecule has 0 saturated heterocycles. The molecule has 0 fully saturated rings. The number of nitrogens with two attached hydrogens (primary N) is 1. The summed E-state index contributed by atoms with van der Waals surface area (Å²) in [6, 6.07) is 0. The summed E-state index contributed by atoms with van der Waals surface area (Å²) in [6.07, 6.45) is 85.4. The van der Waals surface area contributed by atoms with Crippen LogP contribution in [0.3, 0.4) is 0 Å². The van der Waals surface area contributed by atoms with Crippen LogP contribution in [0.1, 0.15) is 258 Å². The molecule has 0 aliphatic heterocycles. The molecule has 0 aliphatic rings. The number of rotatable bonds is 57. The van der Waals surface area contributed by atoms with Crippen molar-refractivity contribution in [1.82, 2.24) is 0 Å². The maximum atomic E-state index is 12.7. The summed E-state index contributed by atoms with van der Waals surface area (Å²) in [5.74, 6) is -0.839. The van der Waals surface area contributed by atoms with Crippen molar-refractivity contribution in [2.45, 2.75) is 264 Å². The van der Waals surface area contributed by atoms with Crippen molar-refractivity contribution in [1.29, 1.82) is 0 Å². The largest absolute Gasteiger partial charge is 0.472 e. The summed E-state index contributed by atoms with van der Waals surface area (Å²) >= 11 is 0. The number of phosphoric ester groups is 1. The Hall–Kier alpha value is -3.59. The first-order valence-electron chi connectivity index (χ1n) is 31.0. The molecule has 2 atom stereocenters. The Morgan fingerprint density at radius 1 is 0.403 bits per heavy atom. The van der Waals surface area contributed by atoms with E-state index in [9.17, 15) is 19.0 Å². The van der Waals surface area contributed by atoms with E-state index in [0.29, 0.717) is 6.42 Å². The van der Waals surface area contributed by atoms with Gasteiger partial charge in [0.1, 0.15) is 6.61 Å². The molecule has 0 aromatic rings. The molecule has 0 heterocycles. The molecule has 3 N–H and O–H groups in total. The Bertz CT molecular complexity index is 1670. The predicted molar refractivity (Wildman–Crippen MR) is 330 cm³/mol. The first-order chi connectivity index (χ1) is 37.8. The molecule has 10 heteroatoms. The van der Waals surface area contributed by atoms with E-state index in [-0.39, 0.29) is 38.6 Å². The standard InChI is InChI=1S/C67H114NO8P/c1-3-5-7-9-11-13-15-17-19-21-23-24-25-26-27-28-29-30-31-32-33-34-35-36-37-38-39-40-42-44-46-48-50-52-54-56-58-60-67(70)76-65(64-75-77(71,72)74-62-61-68)63-73-66(69)59-57-55-53-51-49-47-45-43-41-22-20-18-16-14-12-10-8-6-4-2/h5,7,11,13,17-20,23-24,26-27,29-30,32-33,35-36,38-39,65H,3-4,6,8-10,12,14-16,21-22,25,28,31,34,37,40-64,68H2,1-2H3,(H,71,72)/b7-5-,13-11-,19-17-,20-18-,24-23-,27-26-,30-29-,33-32-,36-35-,39-38-. The van der Waals surface area contributed by atoms with Gasteiger partial charge in [-0.15, -0.1) is 0 Å². The lowest BCUT2D eigenvalue weighted by molar-refractivity contribution is -0.161. The third kappa shape index (κ3) is 61.5. The van der Waals surface area contributed by atoms with Crippen molar-refractivity contribution in [3.8, 4) is 0 Å². The number of allylic oxidation sites excluding steroid dienone is 20. The number of hydrogen-bond donors (Lipinski definition) is 2. The van der Waals surface area contributed by atoms with Gasteiger partial charge >= 0.3 is 19.8 Å². The quantitative estimate of drug-likeness (QED) is 0.0264. The van der Waals surface area contributed by atoms with Crippen LogP contribution in [-0.2, 0) is 32.7 Å². The SMILES string of the molecule is CC/C=C\C/C=C\C/C=C\C/C=C\C/C=C\C/C=C\C/C=C\C/C=C\C/C=C\CCCCCCCCCCCC(=O)OC(COC(=O)CCCCCCCCCCC/C=C\CCCCCCCC)COP(=O)(O)OCCN. The predicted octanol–water partition coefficient (Wildman–Crippen LogP) is 20.0. The van der Waals surface area contributed by atoms with Gasteiger partial charge < -0.3 is 20.1 Å². The minimum absolute atomic E-state index is 0.0472. The van der Waals surface area contributed by atoms with Gasteiger partial charge in [0.15, 0.2) is 6.10 Å². The van der Waals surface area contributed by atoms with Gasteiger partial charge in [-0.05, 0) is 109 Å². The van der Waals surface area contributed by atoms with Crippen LogP contribution in [0.4, 0.5) is 0 Å². The maximum absolute atomic E-state index is 12.7. The van der Waals surface area contributed by atoms with Crippen molar-refractivity contribution in [3.05, 3.63) is 122 Å². The molecular weight excluding hydrogens is 978 g/mol. The molecular formula is C67H114NO8P. The third-order valence-electron chi connectivity index (χ3n) is 12.8. The molecule has 440 valence electrons. The zero-order valence-electron chi connectivity index (χ0n) is 49.2. The Labute approximate surface area is 472 Å². The zero-order chi connectivity index (χ0) is 55.9. The normalized spacial score (nSPS) is 13.9. The minimum atomic E-state index is -4.40. The molecule has 0 radical (unpaired) electrons. The summed E-state index contributed by atoms with van der Waals surface area (Å²) < 4.78 is 33.1. The van der Waals surface area contributed by atoms with Gasteiger partial charge in [0, 0.05) is 19.4 Å². The van der Waals surface area contributed by atoms with E-state index in [2.05, 4.69) is 135 Å². The Morgan fingerprint density at radius 3 is 1.08 bits per heavy atom. The smallest absolute Gasteiger partial charge is 0.462 e. The number of carbonyl (C=O) groups excluding carboxylic acids is 2. The lowest BCUT2D eigenvalue weighted by atomic mass is 10.1. The fraction of sp³-hybridized carbons (Fsp3) is 0.672. The lowest BCUT2D eigenvalue weighted by Gasteiger charge is -2.19. The second-order valence-corrected chi connectivity index (χ2v) is 21.6. The Balaban J connectivity index is 3.99. The summed E-state index contributed by atoms with van der Waals surface area (Å²) in [5, 5.41) is 0. The average molecular weight is 1090 g/mol. The second kappa shape index (κ2) is 61.6. The average Bonchev–Trinajstić information content (AvgIpc) is 3.42. The Kier molecular flexibility index (Phi) is 58.7. The van der Waals surface area contributed by atoms with E-state index < -0.39 is 26.5 Å². The molecule has 2 unspecified atom stereocenters. The van der Waals surface area contributed by atoms with Crippen LogP contribution in [0.15, 0.2) is 122 Å². The van der Waals surface area contributed by atoms with Crippen LogP contribution >= 0.6 is 7.82 Å². The molecule has 0 aliphatic carbocycles. The zero-order valence-corrected chi connectivity index (χ0v) is 50.0. The van der Waals surface area contributed by atoms with E-state index in [1.165, 1.54) is 122 Å². The van der Waals surface area contributed by atoms with E-state index in [4.69, 9.17) is 24.3 Å². The van der Waals surface area contributed by atoms with Crippen LogP contribution in [0, 0.1) is 0 Å². The van der Waals surface area contributed by atoms with Crippen molar-refractivity contribution < 1.29 is 37.6 Å². The van der Waals surface area contributed by atoms with Gasteiger partial charge in [-0.1, -0.05) is 257 Å². The van der Waals surface area contributed by atoms with Crippen molar-refractivity contribution in [2.75, 3.05) is 26.4 Å². The number of esters is 2. The monoisotopic (exact) mass is 1090 g/mol. The van der Waals surface area contributed by atoms with E-state index >= 15 is 0 Å². The lowest BCUT2D eigenvalue weighted by Crippen LogP contribution is -2.29. The van der Waals surface area contributed by atoms with Crippen LogP contribution < -0.4 is 5.73 Å². The number of hydrogen-bond acceptors (Lipinski definition) is 8. The van der Waals surface area contributed by atoms with Gasteiger partial charge in [-0.3, -0.25) is 18.6 Å². The molecule has 77 heavy (non-hydrogen) atoms. The maximum Gasteiger partial charge on any atom is 0.472 e. The Morgan fingerprint density at radius 2 is 0.714 bits per heavy atom. The molecule has 0 aromatic carbocycles. The number of ether oxygens (including phenoxy) is 2. The van der Waals surface area contributed by atoms with E-state index in [0.717, 1.165) is 103 Å². The summed E-state index contributed by atoms with van der Waals surface area (Å²) in [7, 11) is -4.40. The summed E-state index contributed by atoms with van der Waals surface area (Å²) in [6.45, 7) is 3.62. The highest BCUT2D eigenvalue weighted by Gasteiger charge is 2.26.